The van der Waals surface area contributed by atoms with Crippen LogP contribution in [0, 0.1) is 7.43 Å². The van der Waals surface area contributed by atoms with Gasteiger partial charge in [-0.3, -0.25) is 0 Å². The molecule has 1 heterocycles. The molecule has 1 rings (SSSR count). The quantitative estimate of drug-likeness (QED) is 0.350. The number of nitrogens with zero attached hydrogens (tertiary/aromatic N) is 1. The first-order valence-corrected chi connectivity index (χ1v) is 1.52. The smallest absolute Gasteiger partial charge is 0.670 e. The summed E-state index contributed by atoms with van der Waals surface area (Å²) < 4.78 is 0. The molecule has 0 aliphatic carbocycles. The van der Waals surface area contributed by atoms with E-state index in [0.29, 0.717) is 0 Å². The van der Waals surface area contributed by atoms with E-state index in [1.54, 1.807) is 12.4 Å². The summed E-state index contributed by atoms with van der Waals surface area (Å²) in [5.41, 5.74) is 0. The fourth-order valence-electron chi connectivity index (χ4n) is 0.248. The minimum absolute atomic E-state index is 0. The molecule has 0 N–H and O–H groups in total. The maximum atomic E-state index is 3.72. The average molecular weight is 105 g/mol. The Balaban J connectivity index is 0. The molecule has 0 amide bonds. The number of hydrogen-bond acceptors (Lipinski definition) is 0. The van der Waals surface area contributed by atoms with E-state index in [1.165, 1.54) is 0 Å². The van der Waals surface area contributed by atoms with Gasteiger partial charge in [-0.25, -0.2) is 0 Å². The van der Waals surface area contributed by atoms with Gasteiger partial charge in [0.05, 0.1) is 0 Å². The van der Waals surface area contributed by atoms with Gasteiger partial charge in [-0.2, -0.15) is 12.4 Å². The molecular weight excluding hydrogens is 98.4 g/mol. The van der Waals surface area contributed by atoms with Crippen LogP contribution >= 0.6 is 0 Å². The van der Waals surface area contributed by atoms with Gasteiger partial charge in [0.1, 0.15) is 0 Å². The first-order valence-electron chi connectivity index (χ1n) is 1.52. The summed E-state index contributed by atoms with van der Waals surface area (Å²) in [6.45, 7) is 0. The molecule has 1 aromatic rings. The third kappa shape index (κ3) is 3.89. The molecule has 0 radical (unpaired) electrons. The molecule has 1 aromatic heterocycles. The van der Waals surface area contributed by atoms with Gasteiger partial charge in [0.25, 0.3) is 0 Å². The van der Waals surface area contributed by atoms with E-state index < -0.39 is 0 Å². The number of rotatable bonds is 0. The molecule has 0 atom stereocenters. The number of aromatic nitrogens is 1. The third-order valence-corrected chi connectivity index (χ3v) is 0.455. The first kappa shape index (κ1) is 10.1. The Kier molecular flexibility index (Phi) is 8.74. The molecule has 0 spiro atoms. The van der Waals surface area contributed by atoms with Crippen molar-refractivity contribution in [3.05, 3.63) is 32.0 Å². The van der Waals surface area contributed by atoms with Crippen molar-refractivity contribution in [3.8, 4) is 0 Å². The molecule has 34 valence electrons. The first-order chi connectivity index (χ1) is 2.50. The second-order valence-corrected chi connectivity index (χ2v) is 0.832. The summed E-state index contributed by atoms with van der Waals surface area (Å²) in [7, 11) is 0. The molecule has 0 bridgehead atoms. The average Bonchev–Trinajstić information content (AvgIpc) is 1.76. The molecule has 0 aliphatic rings. The summed E-state index contributed by atoms with van der Waals surface area (Å²) >= 11 is 0. The topological polar surface area (TPSA) is 14.1 Å². The molecule has 1 nitrogen and oxygen atoms in total. The summed E-state index contributed by atoms with van der Waals surface area (Å²) in [6, 6.07) is 3.78. The SMILES string of the molecule is [CH3-].[Mg+2].c1cc[n-]c1. The van der Waals surface area contributed by atoms with Crippen LogP contribution < -0.4 is 4.98 Å². The maximum absolute atomic E-state index is 3.72. The second-order valence-electron chi connectivity index (χ2n) is 0.832. The van der Waals surface area contributed by atoms with E-state index in [1.807, 2.05) is 12.1 Å². The Morgan fingerprint density at radius 3 is 1.57 bits per heavy atom. The van der Waals surface area contributed by atoms with Gasteiger partial charge >= 0.3 is 23.1 Å². The predicted molar refractivity (Wildman–Crippen MR) is 31.9 cm³/mol. The van der Waals surface area contributed by atoms with Crippen LogP contribution in [-0.2, 0) is 0 Å². The minimum atomic E-state index is 0. The Morgan fingerprint density at radius 1 is 1.00 bits per heavy atom. The van der Waals surface area contributed by atoms with Crippen molar-refractivity contribution in [1.82, 2.24) is 4.98 Å². The monoisotopic (exact) mass is 105 g/mol. The van der Waals surface area contributed by atoms with Crippen molar-refractivity contribution in [2.45, 2.75) is 0 Å². The van der Waals surface area contributed by atoms with Crippen LogP contribution in [0.3, 0.4) is 0 Å². The van der Waals surface area contributed by atoms with Gasteiger partial charge in [-0.1, -0.05) is 12.1 Å². The normalized spacial score (nSPS) is 5.71. The van der Waals surface area contributed by atoms with E-state index in [9.17, 15) is 0 Å². The van der Waals surface area contributed by atoms with Gasteiger partial charge in [-0.05, 0) is 0 Å². The molecule has 0 aliphatic heterocycles. The molecule has 0 fully saturated rings. The van der Waals surface area contributed by atoms with E-state index in [0.717, 1.165) is 0 Å². The Bertz CT molecular complexity index is 64.6. The maximum Gasteiger partial charge on any atom is 2.00 e. The van der Waals surface area contributed by atoms with Crippen molar-refractivity contribution < 1.29 is 0 Å². The zero-order valence-electron chi connectivity index (χ0n) is 4.46. The minimum Gasteiger partial charge on any atom is -0.670 e. The molecule has 0 saturated carbocycles. The van der Waals surface area contributed by atoms with Crippen LogP contribution in [0.15, 0.2) is 24.5 Å². The zero-order valence-corrected chi connectivity index (χ0v) is 5.88. The van der Waals surface area contributed by atoms with E-state index in [-0.39, 0.29) is 30.5 Å². The van der Waals surface area contributed by atoms with Gasteiger partial charge in [0, 0.05) is 0 Å². The van der Waals surface area contributed by atoms with Crippen molar-refractivity contribution in [3.63, 3.8) is 0 Å². The summed E-state index contributed by atoms with van der Waals surface area (Å²) in [4.78, 5) is 3.72. The van der Waals surface area contributed by atoms with Crippen LogP contribution in [0.2, 0.25) is 0 Å². The molecule has 0 saturated heterocycles. The molecule has 0 unspecified atom stereocenters. The van der Waals surface area contributed by atoms with Crippen LogP contribution in [0.5, 0.6) is 0 Å². The Morgan fingerprint density at radius 2 is 1.43 bits per heavy atom. The molecular formula is C5H7MgN. The van der Waals surface area contributed by atoms with E-state index in [4.69, 9.17) is 0 Å². The van der Waals surface area contributed by atoms with Gasteiger partial charge < -0.3 is 12.4 Å². The Hall–Kier alpha value is 0.0462. The van der Waals surface area contributed by atoms with E-state index >= 15 is 0 Å². The standard InChI is InChI=1S/C4H4N.CH3.Mg/c1-2-4-5-3-1;;/h1-4H;1H3;/q2*-1;+2. The van der Waals surface area contributed by atoms with Crippen molar-refractivity contribution in [2.75, 3.05) is 0 Å². The summed E-state index contributed by atoms with van der Waals surface area (Å²) in [5.74, 6) is 0. The largest absolute Gasteiger partial charge is 2.00 e. The second kappa shape index (κ2) is 6.05. The molecule has 7 heavy (non-hydrogen) atoms. The third-order valence-electron chi connectivity index (χ3n) is 0.455. The van der Waals surface area contributed by atoms with Gasteiger partial charge in [-0.15, -0.1) is 0 Å². The zero-order chi connectivity index (χ0) is 3.54. The van der Waals surface area contributed by atoms with Crippen LogP contribution in [0.4, 0.5) is 0 Å². The fourth-order valence-corrected chi connectivity index (χ4v) is 0.248. The van der Waals surface area contributed by atoms with Gasteiger partial charge in [0.2, 0.25) is 0 Å². The Labute approximate surface area is 60.3 Å². The van der Waals surface area contributed by atoms with Crippen LogP contribution in [-0.4, -0.2) is 23.1 Å². The van der Waals surface area contributed by atoms with Crippen molar-refractivity contribution in [1.29, 1.82) is 0 Å². The molecule has 2 heteroatoms. The van der Waals surface area contributed by atoms with Crippen LogP contribution in [0.25, 0.3) is 0 Å². The van der Waals surface area contributed by atoms with Crippen LogP contribution in [0.1, 0.15) is 0 Å². The summed E-state index contributed by atoms with van der Waals surface area (Å²) in [6.07, 6.45) is 3.50. The van der Waals surface area contributed by atoms with Crippen molar-refractivity contribution in [2.24, 2.45) is 0 Å². The van der Waals surface area contributed by atoms with E-state index in [2.05, 4.69) is 4.98 Å². The number of hydrogen-bond donors (Lipinski definition) is 0. The summed E-state index contributed by atoms with van der Waals surface area (Å²) in [5, 5.41) is 0. The molecule has 0 aromatic carbocycles. The predicted octanol–water partition coefficient (Wildman–Crippen LogP) is 0.713. The fraction of sp³-hybridized carbons (Fsp3) is 0. The van der Waals surface area contributed by atoms with Crippen molar-refractivity contribution >= 4 is 23.1 Å². The van der Waals surface area contributed by atoms with Gasteiger partial charge in [0.15, 0.2) is 0 Å².